The molecule has 0 saturated carbocycles. The van der Waals surface area contributed by atoms with Gasteiger partial charge in [0.25, 0.3) is 0 Å². The first kappa shape index (κ1) is 14.7. The summed E-state index contributed by atoms with van der Waals surface area (Å²) >= 11 is 0. The summed E-state index contributed by atoms with van der Waals surface area (Å²) in [5.74, 6) is 0.688. The lowest BCUT2D eigenvalue weighted by Crippen LogP contribution is -2.32. The van der Waals surface area contributed by atoms with Gasteiger partial charge in [-0.2, -0.15) is 0 Å². The number of nitrogens with two attached hydrogens (primary N) is 1. The number of rotatable bonds is 4. The standard InChI is InChI=1S/C15H21NO4/c1-9(2)11-8-14-13(19-4-3-5-20-14)7-10(11)6-12(16)15(17)18/h7-9,12H,3-6,16H2,1-2H3,(H,17,18). The zero-order valence-corrected chi connectivity index (χ0v) is 11.9. The summed E-state index contributed by atoms with van der Waals surface area (Å²) in [5.41, 5.74) is 7.63. The highest BCUT2D eigenvalue weighted by molar-refractivity contribution is 5.73. The highest BCUT2D eigenvalue weighted by Crippen LogP contribution is 2.36. The molecule has 110 valence electrons. The minimum atomic E-state index is -0.994. The van der Waals surface area contributed by atoms with E-state index < -0.39 is 12.0 Å². The average Bonchev–Trinajstić information content (AvgIpc) is 2.62. The van der Waals surface area contributed by atoms with Crippen molar-refractivity contribution >= 4 is 5.97 Å². The first-order valence-corrected chi connectivity index (χ1v) is 6.90. The van der Waals surface area contributed by atoms with Gasteiger partial charge in [0.2, 0.25) is 0 Å². The van der Waals surface area contributed by atoms with Crippen LogP contribution in [0.25, 0.3) is 0 Å². The lowest BCUT2D eigenvalue weighted by atomic mass is 9.92. The van der Waals surface area contributed by atoms with Gasteiger partial charge in [-0.1, -0.05) is 13.8 Å². The summed E-state index contributed by atoms with van der Waals surface area (Å²) in [6, 6.07) is 2.92. The molecule has 0 fully saturated rings. The van der Waals surface area contributed by atoms with E-state index in [-0.39, 0.29) is 5.92 Å². The monoisotopic (exact) mass is 279 g/mol. The molecular weight excluding hydrogens is 258 g/mol. The van der Waals surface area contributed by atoms with Crippen molar-refractivity contribution in [2.24, 2.45) is 5.73 Å². The van der Waals surface area contributed by atoms with Crippen LogP contribution in [0.15, 0.2) is 12.1 Å². The van der Waals surface area contributed by atoms with Crippen molar-refractivity contribution in [2.75, 3.05) is 13.2 Å². The molecule has 1 atom stereocenters. The van der Waals surface area contributed by atoms with Crippen LogP contribution in [0.4, 0.5) is 0 Å². The van der Waals surface area contributed by atoms with E-state index in [0.717, 1.165) is 23.3 Å². The Balaban J connectivity index is 2.38. The van der Waals surface area contributed by atoms with Crippen molar-refractivity contribution in [3.05, 3.63) is 23.3 Å². The van der Waals surface area contributed by atoms with Crippen LogP contribution in [-0.2, 0) is 11.2 Å². The molecule has 0 bridgehead atoms. The van der Waals surface area contributed by atoms with Crippen LogP contribution >= 0.6 is 0 Å². The fourth-order valence-corrected chi connectivity index (χ4v) is 2.31. The van der Waals surface area contributed by atoms with Crippen LogP contribution in [0.5, 0.6) is 11.5 Å². The predicted octanol–water partition coefficient (Wildman–Crippen LogP) is 1.93. The molecule has 0 aliphatic carbocycles. The fraction of sp³-hybridized carbons (Fsp3) is 0.533. The van der Waals surface area contributed by atoms with Crippen molar-refractivity contribution in [3.8, 4) is 11.5 Å². The van der Waals surface area contributed by atoms with Crippen LogP contribution in [0, 0.1) is 0 Å². The van der Waals surface area contributed by atoms with Crippen LogP contribution in [0.3, 0.4) is 0 Å². The summed E-state index contributed by atoms with van der Waals surface area (Å²) in [7, 11) is 0. The number of fused-ring (bicyclic) bond motifs is 1. The van der Waals surface area contributed by atoms with E-state index in [0.29, 0.717) is 25.4 Å². The smallest absolute Gasteiger partial charge is 0.320 e. The van der Waals surface area contributed by atoms with Crippen molar-refractivity contribution in [1.29, 1.82) is 0 Å². The van der Waals surface area contributed by atoms with Gasteiger partial charge in [0, 0.05) is 6.42 Å². The summed E-state index contributed by atoms with van der Waals surface area (Å²) in [6.45, 7) is 5.38. The van der Waals surface area contributed by atoms with Crippen molar-refractivity contribution in [1.82, 2.24) is 0 Å². The minimum absolute atomic E-state index is 0.267. The molecule has 1 unspecified atom stereocenters. The number of carboxylic acid groups (broad SMARTS) is 1. The summed E-state index contributed by atoms with van der Waals surface area (Å²) < 4.78 is 11.3. The molecule has 0 saturated heterocycles. The maximum absolute atomic E-state index is 10.9. The quantitative estimate of drug-likeness (QED) is 0.880. The maximum Gasteiger partial charge on any atom is 0.320 e. The van der Waals surface area contributed by atoms with Gasteiger partial charge in [0.15, 0.2) is 11.5 Å². The first-order valence-electron chi connectivity index (χ1n) is 6.90. The number of ether oxygens (including phenoxy) is 2. The van der Waals surface area contributed by atoms with Crippen molar-refractivity contribution in [2.45, 2.75) is 38.6 Å². The Morgan fingerprint density at radius 2 is 1.90 bits per heavy atom. The van der Waals surface area contributed by atoms with E-state index in [1.54, 1.807) is 0 Å². The normalized spacial score (nSPS) is 15.8. The van der Waals surface area contributed by atoms with Crippen LogP contribution < -0.4 is 15.2 Å². The fourth-order valence-electron chi connectivity index (χ4n) is 2.31. The third-order valence-corrected chi connectivity index (χ3v) is 3.39. The zero-order chi connectivity index (χ0) is 14.7. The number of hydrogen-bond donors (Lipinski definition) is 2. The van der Waals surface area contributed by atoms with E-state index in [9.17, 15) is 4.79 Å². The summed E-state index contributed by atoms with van der Waals surface area (Å²) in [6.07, 6.45) is 1.13. The molecule has 1 heterocycles. The Kier molecular flexibility index (Phi) is 4.49. The van der Waals surface area contributed by atoms with Gasteiger partial charge >= 0.3 is 5.97 Å². The molecule has 20 heavy (non-hydrogen) atoms. The van der Waals surface area contributed by atoms with E-state index in [1.165, 1.54) is 0 Å². The van der Waals surface area contributed by atoms with Gasteiger partial charge in [-0.05, 0) is 35.6 Å². The molecule has 0 aromatic heterocycles. The molecule has 2 rings (SSSR count). The van der Waals surface area contributed by atoms with Gasteiger partial charge in [-0.15, -0.1) is 0 Å². The van der Waals surface area contributed by atoms with Crippen molar-refractivity contribution < 1.29 is 19.4 Å². The number of carbonyl (C=O) groups is 1. The second-order valence-electron chi connectivity index (χ2n) is 5.35. The highest BCUT2D eigenvalue weighted by atomic mass is 16.5. The topological polar surface area (TPSA) is 81.8 Å². The second-order valence-corrected chi connectivity index (χ2v) is 5.35. The van der Waals surface area contributed by atoms with E-state index in [4.69, 9.17) is 20.3 Å². The number of aliphatic carboxylic acids is 1. The molecule has 1 aliphatic heterocycles. The molecule has 1 aromatic rings. The molecule has 0 spiro atoms. The largest absolute Gasteiger partial charge is 0.490 e. The molecule has 0 amide bonds. The molecule has 3 N–H and O–H groups in total. The summed E-state index contributed by atoms with van der Waals surface area (Å²) in [4.78, 5) is 10.9. The molecular formula is C15H21NO4. The Morgan fingerprint density at radius 1 is 1.30 bits per heavy atom. The van der Waals surface area contributed by atoms with E-state index in [2.05, 4.69) is 13.8 Å². The summed E-state index contributed by atoms with van der Waals surface area (Å²) in [5, 5.41) is 8.98. The lowest BCUT2D eigenvalue weighted by Gasteiger charge is -2.18. The number of carboxylic acids is 1. The minimum Gasteiger partial charge on any atom is -0.490 e. The molecule has 1 aromatic carbocycles. The Hall–Kier alpha value is -1.75. The van der Waals surface area contributed by atoms with Crippen LogP contribution in [0.2, 0.25) is 0 Å². The van der Waals surface area contributed by atoms with E-state index >= 15 is 0 Å². The zero-order valence-electron chi connectivity index (χ0n) is 11.9. The number of benzene rings is 1. The first-order chi connectivity index (χ1) is 9.49. The Labute approximate surface area is 118 Å². The Bertz CT molecular complexity index is 499. The third kappa shape index (κ3) is 3.22. The Morgan fingerprint density at radius 3 is 2.45 bits per heavy atom. The predicted molar refractivity (Wildman–Crippen MR) is 75.5 cm³/mol. The van der Waals surface area contributed by atoms with Gasteiger partial charge in [0.1, 0.15) is 6.04 Å². The van der Waals surface area contributed by atoms with Crippen molar-refractivity contribution in [3.63, 3.8) is 0 Å². The van der Waals surface area contributed by atoms with Crippen LogP contribution in [0.1, 0.15) is 37.3 Å². The van der Waals surface area contributed by atoms with Gasteiger partial charge in [-0.3, -0.25) is 4.79 Å². The maximum atomic E-state index is 10.9. The average molecular weight is 279 g/mol. The van der Waals surface area contributed by atoms with Gasteiger partial charge < -0.3 is 20.3 Å². The second kappa shape index (κ2) is 6.13. The van der Waals surface area contributed by atoms with Crippen LogP contribution in [-0.4, -0.2) is 30.3 Å². The molecule has 1 aliphatic rings. The lowest BCUT2D eigenvalue weighted by molar-refractivity contribution is -0.138. The third-order valence-electron chi connectivity index (χ3n) is 3.39. The molecule has 0 radical (unpaired) electrons. The molecule has 5 heteroatoms. The van der Waals surface area contributed by atoms with Gasteiger partial charge in [0.05, 0.1) is 13.2 Å². The highest BCUT2D eigenvalue weighted by Gasteiger charge is 2.20. The molecule has 5 nitrogen and oxygen atoms in total. The van der Waals surface area contributed by atoms with Gasteiger partial charge in [-0.25, -0.2) is 0 Å². The SMILES string of the molecule is CC(C)c1cc2c(cc1CC(N)C(=O)O)OCCCO2. The number of hydrogen-bond acceptors (Lipinski definition) is 4. The van der Waals surface area contributed by atoms with E-state index in [1.807, 2.05) is 12.1 Å².